The minimum Gasteiger partial charge on any atom is -0.382 e. The molecule has 0 aromatic heterocycles. The van der Waals surface area contributed by atoms with Crippen molar-refractivity contribution in [1.82, 2.24) is 0 Å². The van der Waals surface area contributed by atoms with Crippen LogP contribution in [0.4, 0.5) is 5.69 Å². The van der Waals surface area contributed by atoms with E-state index >= 15 is 0 Å². The molecule has 0 saturated heterocycles. The van der Waals surface area contributed by atoms with Crippen molar-refractivity contribution in [1.29, 1.82) is 5.26 Å². The second-order valence-electron chi connectivity index (χ2n) is 5.30. The molecule has 0 bridgehead atoms. The summed E-state index contributed by atoms with van der Waals surface area (Å²) in [7, 11) is 0. The first-order chi connectivity index (χ1) is 10.2. The fourth-order valence-corrected chi connectivity index (χ4v) is 3.41. The maximum absolute atomic E-state index is 8.90. The van der Waals surface area contributed by atoms with Gasteiger partial charge in [0.2, 0.25) is 0 Å². The number of hydrogen-bond donors (Lipinski definition) is 1. The molecule has 2 aromatic rings. The number of anilines is 1. The van der Waals surface area contributed by atoms with Gasteiger partial charge >= 0.3 is 0 Å². The Kier molecular flexibility index (Phi) is 4.19. The van der Waals surface area contributed by atoms with Crippen LogP contribution in [0.25, 0.3) is 0 Å². The first-order valence-electron chi connectivity index (χ1n) is 6.89. The molecule has 2 nitrogen and oxygen atoms in total. The summed E-state index contributed by atoms with van der Waals surface area (Å²) in [6, 6.07) is 14.5. The summed E-state index contributed by atoms with van der Waals surface area (Å²) >= 11 is 9.60. The van der Waals surface area contributed by atoms with E-state index in [2.05, 4.69) is 45.5 Å². The second kappa shape index (κ2) is 6.09. The number of aryl methyl sites for hydroxylation is 1. The van der Waals surface area contributed by atoms with Crippen LogP contribution in [0.1, 0.15) is 23.1 Å². The average molecular weight is 362 g/mol. The zero-order valence-electron chi connectivity index (χ0n) is 11.4. The number of nitrogens with zero attached hydrogens (tertiary/aromatic N) is 1. The number of rotatable bonds is 2. The van der Waals surface area contributed by atoms with Crippen LogP contribution in [0.3, 0.4) is 0 Å². The molecule has 0 saturated carbocycles. The molecule has 1 aliphatic carbocycles. The molecule has 1 atom stereocenters. The molecule has 0 spiro atoms. The van der Waals surface area contributed by atoms with Crippen LogP contribution >= 0.6 is 27.5 Å². The van der Waals surface area contributed by atoms with Crippen molar-refractivity contribution < 1.29 is 0 Å². The van der Waals surface area contributed by atoms with E-state index in [-0.39, 0.29) is 0 Å². The Balaban J connectivity index is 1.74. The van der Waals surface area contributed by atoms with Crippen LogP contribution in [0.15, 0.2) is 40.9 Å². The van der Waals surface area contributed by atoms with E-state index in [4.69, 9.17) is 16.9 Å². The summed E-state index contributed by atoms with van der Waals surface area (Å²) in [5, 5.41) is 12.9. The molecule has 0 fully saturated rings. The maximum atomic E-state index is 8.90. The highest BCUT2D eigenvalue weighted by Crippen LogP contribution is 2.27. The molecule has 3 rings (SSSR count). The van der Waals surface area contributed by atoms with Crippen molar-refractivity contribution in [2.45, 2.75) is 25.3 Å². The van der Waals surface area contributed by atoms with Gasteiger partial charge < -0.3 is 5.32 Å². The summed E-state index contributed by atoms with van der Waals surface area (Å²) in [4.78, 5) is 0. The van der Waals surface area contributed by atoms with Gasteiger partial charge in [-0.2, -0.15) is 5.26 Å². The van der Waals surface area contributed by atoms with Gasteiger partial charge in [-0.15, -0.1) is 0 Å². The van der Waals surface area contributed by atoms with Gasteiger partial charge in [0.05, 0.1) is 10.6 Å². The van der Waals surface area contributed by atoms with Crippen molar-refractivity contribution in [3.8, 4) is 6.07 Å². The summed E-state index contributed by atoms with van der Waals surface area (Å²) in [5.74, 6) is 0. The molecular weight excluding hydrogens is 348 g/mol. The number of nitrogens with one attached hydrogen (secondary N) is 1. The quantitative estimate of drug-likeness (QED) is 0.822. The van der Waals surface area contributed by atoms with E-state index < -0.39 is 0 Å². The van der Waals surface area contributed by atoms with Crippen LogP contribution in [0.5, 0.6) is 0 Å². The van der Waals surface area contributed by atoms with Crippen LogP contribution in [-0.4, -0.2) is 6.04 Å². The van der Waals surface area contributed by atoms with Gasteiger partial charge in [-0.1, -0.05) is 33.6 Å². The molecule has 21 heavy (non-hydrogen) atoms. The highest BCUT2D eigenvalue weighted by molar-refractivity contribution is 9.10. The molecular formula is C17H14BrClN2. The van der Waals surface area contributed by atoms with Crippen molar-refractivity contribution in [2.75, 3.05) is 5.32 Å². The third kappa shape index (κ3) is 3.23. The lowest BCUT2D eigenvalue weighted by Gasteiger charge is -2.26. The van der Waals surface area contributed by atoms with Gasteiger partial charge in [0.15, 0.2) is 0 Å². The topological polar surface area (TPSA) is 35.8 Å². The van der Waals surface area contributed by atoms with Gasteiger partial charge in [0.1, 0.15) is 6.07 Å². The number of hydrogen-bond acceptors (Lipinski definition) is 2. The summed E-state index contributed by atoms with van der Waals surface area (Å²) in [6.07, 6.45) is 3.19. The Morgan fingerprint density at radius 3 is 2.81 bits per heavy atom. The zero-order chi connectivity index (χ0) is 14.8. The highest BCUT2D eigenvalue weighted by Gasteiger charge is 2.18. The lowest BCUT2D eigenvalue weighted by molar-refractivity contribution is 0.610. The van der Waals surface area contributed by atoms with E-state index in [0.717, 1.165) is 29.4 Å². The predicted octanol–water partition coefficient (Wildman–Crippen LogP) is 4.94. The number of halogens is 2. The zero-order valence-corrected chi connectivity index (χ0v) is 13.7. The van der Waals surface area contributed by atoms with Crippen molar-refractivity contribution >= 4 is 33.2 Å². The van der Waals surface area contributed by atoms with Gasteiger partial charge in [0, 0.05) is 16.2 Å². The summed E-state index contributed by atoms with van der Waals surface area (Å²) in [6.45, 7) is 0. The van der Waals surface area contributed by atoms with Gasteiger partial charge in [0.25, 0.3) is 0 Å². The van der Waals surface area contributed by atoms with Crippen LogP contribution in [0.2, 0.25) is 5.02 Å². The normalized spacial score (nSPS) is 16.9. The first kappa shape index (κ1) is 14.4. The highest BCUT2D eigenvalue weighted by atomic mass is 79.9. The number of benzene rings is 2. The molecule has 0 radical (unpaired) electrons. The van der Waals surface area contributed by atoms with Gasteiger partial charge in [-0.05, 0) is 60.7 Å². The van der Waals surface area contributed by atoms with E-state index in [1.165, 1.54) is 11.1 Å². The number of fused-ring (bicyclic) bond motifs is 1. The molecule has 1 aliphatic rings. The van der Waals surface area contributed by atoms with Crippen LogP contribution < -0.4 is 5.32 Å². The average Bonchev–Trinajstić information content (AvgIpc) is 2.48. The molecule has 106 valence electrons. The monoisotopic (exact) mass is 360 g/mol. The Bertz CT molecular complexity index is 721. The molecule has 2 aromatic carbocycles. The predicted molar refractivity (Wildman–Crippen MR) is 89.7 cm³/mol. The van der Waals surface area contributed by atoms with Gasteiger partial charge in [-0.25, -0.2) is 0 Å². The van der Waals surface area contributed by atoms with E-state index in [0.29, 0.717) is 16.6 Å². The SMILES string of the molecule is N#Cc1ccc(NC2CCc3cc(Br)ccc3C2)cc1Cl. The Hall–Kier alpha value is -1.50. The fourth-order valence-electron chi connectivity index (χ4n) is 2.78. The molecule has 4 heteroatoms. The second-order valence-corrected chi connectivity index (χ2v) is 6.63. The summed E-state index contributed by atoms with van der Waals surface area (Å²) in [5.41, 5.74) is 4.33. The van der Waals surface area contributed by atoms with Crippen molar-refractivity contribution in [2.24, 2.45) is 0 Å². The maximum Gasteiger partial charge on any atom is 0.101 e. The molecule has 0 amide bonds. The third-order valence-corrected chi connectivity index (χ3v) is 4.66. The fraction of sp³-hybridized carbons (Fsp3) is 0.235. The van der Waals surface area contributed by atoms with Gasteiger partial charge in [-0.3, -0.25) is 0 Å². The van der Waals surface area contributed by atoms with Crippen molar-refractivity contribution in [3.05, 3.63) is 62.6 Å². The minimum absolute atomic E-state index is 0.405. The third-order valence-electron chi connectivity index (χ3n) is 3.86. The first-order valence-corrected chi connectivity index (χ1v) is 8.06. The van der Waals surface area contributed by atoms with E-state index in [1.54, 1.807) is 6.07 Å². The molecule has 0 heterocycles. The van der Waals surface area contributed by atoms with E-state index in [9.17, 15) is 0 Å². The van der Waals surface area contributed by atoms with E-state index in [1.807, 2.05) is 12.1 Å². The Labute approximate surface area is 137 Å². The standard InChI is InChI=1S/C17H14BrClN2/c18-14-4-1-12-8-15(5-2-11(12)7-14)21-16-6-3-13(10-20)17(19)9-16/h1,3-4,6-7,9,15,21H,2,5,8H2. The Morgan fingerprint density at radius 1 is 1.19 bits per heavy atom. The van der Waals surface area contributed by atoms with Crippen molar-refractivity contribution in [3.63, 3.8) is 0 Å². The smallest absolute Gasteiger partial charge is 0.101 e. The van der Waals surface area contributed by atoms with Crippen LogP contribution in [0, 0.1) is 11.3 Å². The largest absolute Gasteiger partial charge is 0.382 e. The molecule has 1 N–H and O–H groups in total. The lowest BCUT2D eigenvalue weighted by Crippen LogP contribution is -2.27. The molecule has 1 unspecified atom stereocenters. The molecule has 0 aliphatic heterocycles. The Morgan fingerprint density at radius 2 is 2.05 bits per heavy atom. The number of nitriles is 1. The van der Waals surface area contributed by atoms with Crippen LogP contribution in [-0.2, 0) is 12.8 Å². The summed E-state index contributed by atoms with van der Waals surface area (Å²) < 4.78 is 1.14. The lowest BCUT2D eigenvalue weighted by atomic mass is 9.88. The minimum atomic E-state index is 0.405.